The van der Waals surface area contributed by atoms with Gasteiger partial charge in [0.2, 0.25) is 10.0 Å². The number of nitrogens with two attached hydrogens (primary N) is 1. The summed E-state index contributed by atoms with van der Waals surface area (Å²) in [4.78, 5) is 14.9. The molecule has 0 aromatic heterocycles. The minimum atomic E-state index is -3.64. The van der Waals surface area contributed by atoms with Crippen LogP contribution in [0.3, 0.4) is 0 Å². The van der Waals surface area contributed by atoms with Crippen molar-refractivity contribution in [3.8, 4) is 5.75 Å². The van der Waals surface area contributed by atoms with Gasteiger partial charge in [0.15, 0.2) is 0 Å². The Labute approximate surface area is 162 Å². The Balaban J connectivity index is 2.32. The molecule has 0 radical (unpaired) electrons. The van der Waals surface area contributed by atoms with Gasteiger partial charge in [0.05, 0.1) is 17.6 Å². The van der Waals surface area contributed by atoms with Gasteiger partial charge in [-0.25, -0.2) is 8.42 Å². The number of sulfonamides is 1. The number of piperidine rings is 1. The predicted octanol–water partition coefficient (Wildman–Crippen LogP) is 1.93. The molecular formula is C19H31N3O4S. The first-order valence-electron chi connectivity index (χ1n) is 9.49. The second-order valence-corrected chi connectivity index (χ2v) is 8.88. The molecule has 1 amide bonds. The first-order chi connectivity index (χ1) is 12.8. The molecule has 0 aliphatic carbocycles. The minimum Gasteiger partial charge on any atom is -0.496 e. The molecule has 2 rings (SSSR count). The standard InChI is InChI=1S/C19H31N3O4S/c1-5-22(6-2)27(24,25)16-7-8-18(26-4)17(13-16)19(23)21-11-9-15(10-12-21)14(3)20/h7-8,13-15H,5-6,9-12,20H2,1-4H3. The molecule has 1 aromatic carbocycles. The third-order valence-corrected chi connectivity index (χ3v) is 7.36. The van der Waals surface area contributed by atoms with E-state index >= 15 is 0 Å². The summed E-state index contributed by atoms with van der Waals surface area (Å²) in [6.45, 7) is 7.55. The molecule has 0 bridgehead atoms. The van der Waals surface area contributed by atoms with Gasteiger partial charge >= 0.3 is 0 Å². The fraction of sp³-hybridized carbons (Fsp3) is 0.632. The van der Waals surface area contributed by atoms with Gasteiger partial charge in [0.1, 0.15) is 5.75 Å². The Morgan fingerprint density at radius 3 is 2.37 bits per heavy atom. The molecule has 1 heterocycles. The van der Waals surface area contributed by atoms with Gasteiger partial charge in [-0.3, -0.25) is 4.79 Å². The Morgan fingerprint density at radius 2 is 1.89 bits per heavy atom. The van der Waals surface area contributed by atoms with Gasteiger partial charge in [-0.15, -0.1) is 0 Å². The Morgan fingerprint density at radius 1 is 1.30 bits per heavy atom. The lowest BCUT2D eigenvalue weighted by Crippen LogP contribution is -2.42. The molecule has 2 N–H and O–H groups in total. The fourth-order valence-electron chi connectivity index (χ4n) is 3.53. The number of methoxy groups -OCH3 is 1. The van der Waals surface area contributed by atoms with Crippen LogP contribution in [-0.4, -0.2) is 62.9 Å². The van der Waals surface area contributed by atoms with E-state index in [1.165, 1.54) is 23.5 Å². The van der Waals surface area contributed by atoms with Crippen molar-refractivity contribution in [2.24, 2.45) is 11.7 Å². The van der Waals surface area contributed by atoms with Crippen LogP contribution < -0.4 is 10.5 Å². The number of hydrogen-bond donors (Lipinski definition) is 1. The van der Waals surface area contributed by atoms with E-state index < -0.39 is 10.0 Å². The maximum absolute atomic E-state index is 13.1. The van der Waals surface area contributed by atoms with Crippen molar-refractivity contribution in [2.45, 2.75) is 44.6 Å². The second-order valence-electron chi connectivity index (χ2n) is 6.94. The molecule has 0 spiro atoms. The van der Waals surface area contributed by atoms with Crippen molar-refractivity contribution in [2.75, 3.05) is 33.3 Å². The van der Waals surface area contributed by atoms with Crippen LogP contribution in [0.2, 0.25) is 0 Å². The molecule has 1 fully saturated rings. The number of amides is 1. The lowest BCUT2D eigenvalue weighted by atomic mass is 9.90. The van der Waals surface area contributed by atoms with E-state index in [0.717, 1.165) is 12.8 Å². The van der Waals surface area contributed by atoms with Crippen molar-refractivity contribution in [3.05, 3.63) is 23.8 Å². The summed E-state index contributed by atoms with van der Waals surface area (Å²) in [6, 6.07) is 4.59. The number of ether oxygens (including phenoxy) is 1. The summed E-state index contributed by atoms with van der Waals surface area (Å²) in [5.74, 6) is 0.588. The van der Waals surface area contributed by atoms with Crippen LogP contribution in [0, 0.1) is 5.92 Å². The van der Waals surface area contributed by atoms with E-state index in [1.54, 1.807) is 24.8 Å². The third-order valence-electron chi connectivity index (χ3n) is 5.31. The van der Waals surface area contributed by atoms with Crippen LogP contribution in [-0.2, 0) is 10.0 Å². The molecule has 1 unspecified atom stereocenters. The molecule has 8 heteroatoms. The Bertz CT molecular complexity index is 752. The first kappa shape index (κ1) is 21.7. The van der Waals surface area contributed by atoms with Crippen LogP contribution in [0.15, 0.2) is 23.1 Å². The summed E-state index contributed by atoms with van der Waals surface area (Å²) in [7, 11) is -2.16. The fourth-order valence-corrected chi connectivity index (χ4v) is 5.01. The normalized spacial score (nSPS) is 17.2. The van der Waals surface area contributed by atoms with Gasteiger partial charge in [0, 0.05) is 32.2 Å². The highest BCUT2D eigenvalue weighted by molar-refractivity contribution is 7.89. The first-order valence-corrected chi connectivity index (χ1v) is 10.9. The monoisotopic (exact) mass is 397 g/mol. The van der Waals surface area contributed by atoms with Crippen LogP contribution in [0.1, 0.15) is 44.0 Å². The highest BCUT2D eigenvalue weighted by atomic mass is 32.2. The van der Waals surface area contributed by atoms with Gasteiger partial charge in [-0.1, -0.05) is 13.8 Å². The van der Waals surface area contributed by atoms with E-state index in [9.17, 15) is 13.2 Å². The topological polar surface area (TPSA) is 92.9 Å². The van der Waals surface area contributed by atoms with Gasteiger partial charge in [-0.2, -0.15) is 4.31 Å². The molecule has 1 aliphatic rings. The van der Waals surface area contributed by atoms with Crippen LogP contribution >= 0.6 is 0 Å². The summed E-state index contributed by atoms with van der Waals surface area (Å²) in [6.07, 6.45) is 1.70. The quantitative estimate of drug-likeness (QED) is 0.759. The molecular weight excluding hydrogens is 366 g/mol. The van der Waals surface area contributed by atoms with E-state index in [1.807, 2.05) is 6.92 Å². The number of carbonyl (C=O) groups is 1. The molecule has 1 saturated heterocycles. The zero-order valence-corrected chi connectivity index (χ0v) is 17.5. The van der Waals surface area contributed by atoms with Crippen molar-refractivity contribution in [1.29, 1.82) is 0 Å². The second kappa shape index (κ2) is 9.03. The number of benzene rings is 1. The maximum atomic E-state index is 13.1. The SMILES string of the molecule is CCN(CC)S(=O)(=O)c1ccc(OC)c(C(=O)N2CCC(C(C)N)CC2)c1. The molecule has 0 saturated carbocycles. The summed E-state index contributed by atoms with van der Waals surface area (Å²) in [5.41, 5.74) is 6.26. The van der Waals surface area contributed by atoms with Gasteiger partial charge in [-0.05, 0) is 43.9 Å². The zero-order chi connectivity index (χ0) is 20.2. The van der Waals surface area contributed by atoms with Gasteiger partial charge < -0.3 is 15.4 Å². The lowest BCUT2D eigenvalue weighted by molar-refractivity contribution is 0.0677. The Hall–Kier alpha value is -1.64. The van der Waals surface area contributed by atoms with E-state index in [0.29, 0.717) is 37.8 Å². The largest absolute Gasteiger partial charge is 0.496 e. The van der Waals surface area contributed by atoms with Crippen LogP contribution in [0.4, 0.5) is 0 Å². The average Bonchev–Trinajstić information content (AvgIpc) is 2.67. The molecule has 152 valence electrons. The number of carbonyl (C=O) groups excluding carboxylic acids is 1. The Kier molecular flexibility index (Phi) is 7.25. The zero-order valence-electron chi connectivity index (χ0n) is 16.6. The summed E-state index contributed by atoms with van der Waals surface area (Å²) >= 11 is 0. The molecule has 27 heavy (non-hydrogen) atoms. The lowest BCUT2D eigenvalue weighted by Gasteiger charge is -2.34. The van der Waals surface area contributed by atoms with Crippen molar-refractivity contribution in [3.63, 3.8) is 0 Å². The van der Waals surface area contributed by atoms with E-state index in [4.69, 9.17) is 10.5 Å². The summed E-state index contributed by atoms with van der Waals surface area (Å²) < 4.78 is 32.3. The molecule has 1 aromatic rings. The summed E-state index contributed by atoms with van der Waals surface area (Å²) in [5, 5.41) is 0. The van der Waals surface area contributed by atoms with Crippen molar-refractivity contribution < 1.29 is 17.9 Å². The van der Waals surface area contributed by atoms with E-state index in [-0.39, 0.29) is 22.4 Å². The smallest absolute Gasteiger partial charge is 0.257 e. The van der Waals surface area contributed by atoms with Crippen molar-refractivity contribution >= 4 is 15.9 Å². The number of hydrogen-bond acceptors (Lipinski definition) is 5. The van der Waals surface area contributed by atoms with E-state index in [2.05, 4.69) is 0 Å². The van der Waals surface area contributed by atoms with Crippen LogP contribution in [0.25, 0.3) is 0 Å². The van der Waals surface area contributed by atoms with Gasteiger partial charge in [0.25, 0.3) is 5.91 Å². The number of likely N-dealkylation sites (tertiary alicyclic amines) is 1. The predicted molar refractivity (Wildman–Crippen MR) is 105 cm³/mol. The average molecular weight is 398 g/mol. The van der Waals surface area contributed by atoms with Crippen molar-refractivity contribution in [1.82, 2.24) is 9.21 Å². The minimum absolute atomic E-state index is 0.110. The molecule has 1 atom stereocenters. The highest BCUT2D eigenvalue weighted by Gasteiger charge is 2.29. The number of nitrogens with zero attached hydrogens (tertiary/aromatic N) is 2. The maximum Gasteiger partial charge on any atom is 0.257 e. The van der Waals surface area contributed by atoms with Crippen LogP contribution in [0.5, 0.6) is 5.75 Å². The third kappa shape index (κ3) is 4.62. The molecule has 1 aliphatic heterocycles. The highest BCUT2D eigenvalue weighted by Crippen LogP contribution is 2.28. The number of rotatable bonds is 7. The molecule has 7 nitrogen and oxygen atoms in total.